The van der Waals surface area contributed by atoms with Gasteiger partial charge in [0.2, 0.25) is 5.91 Å². The Balaban J connectivity index is 2.81. The Bertz CT molecular complexity index is 737. The summed E-state index contributed by atoms with van der Waals surface area (Å²) in [7, 11) is 1.33. The van der Waals surface area contributed by atoms with Crippen LogP contribution in [0.25, 0.3) is 0 Å². The zero-order chi connectivity index (χ0) is 23.8. The number of amides is 1. The van der Waals surface area contributed by atoms with Crippen molar-refractivity contribution < 1.29 is 19.1 Å². The molecule has 1 aromatic carbocycles. The van der Waals surface area contributed by atoms with Crippen LogP contribution in [0.15, 0.2) is 18.2 Å². The number of carbonyl (C=O) groups is 2. The molecule has 0 fully saturated rings. The van der Waals surface area contributed by atoms with Gasteiger partial charge in [-0.25, -0.2) is 4.79 Å². The molecule has 5 nitrogen and oxygen atoms in total. The van der Waals surface area contributed by atoms with Gasteiger partial charge in [0.15, 0.2) is 0 Å². The smallest absolute Gasteiger partial charge is 0.328 e. The lowest BCUT2D eigenvalue weighted by Gasteiger charge is -2.30. The minimum atomic E-state index is -0.621. The van der Waals surface area contributed by atoms with Crippen LogP contribution in [0.2, 0.25) is 0 Å². The molecule has 0 spiro atoms. The minimum absolute atomic E-state index is 0.00244. The zero-order valence-electron chi connectivity index (χ0n) is 21.1. The number of benzene rings is 1. The van der Waals surface area contributed by atoms with E-state index in [0.717, 1.165) is 18.6 Å². The molecule has 1 amide bonds. The molecule has 31 heavy (non-hydrogen) atoms. The highest BCUT2D eigenvalue weighted by molar-refractivity contribution is 5.84. The molecule has 0 aliphatic heterocycles. The monoisotopic (exact) mass is 433 g/mol. The number of carbonyl (C=O) groups excluding carboxylic acids is 2. The molecule has 1 N–H and O–H groups in total. The Morgan fingerprint density at radius 3 is 2.16 bits per heavy atom. The number of rotatable bonds is 12. The van der Waals surface area contributed by atoms with Gasteiger partial charge in [-0.05, 0) is 47.6 Å². The molecular weight excluding hydrogens is 390 g/mol. The van der Waals surface area contributed by atoms with Crippen molar-refractivity contribution in [3.05, 3.63) is 29.3 Å². The van der Waals surface area contributed by atoms with E-state index in [1.54, 1.807) is 0 Å². The van der Waals surface area contributed by atoms with Gasteiger partial charge < -0.3 is 14.8 Å². The van der Waals surface area contributed by atoms with Crippen molar-refractivity contribution in [1.82, 2.24) is 5.32 Å². The highest BCUT2D eigenvalue weighted by Crippen LogP contribution is 2.38. The van der Waals surface area contributed by atoms with Crippen LogP contribution in [-0.4, -0.2) is 31.6 Å². The predicted octanol–water partition coefficient (Wildman–Crippen LogP) is 5.53. The first-order valence-electron chi connectivity index (χ1n) is 11.5. The first-order chi connectivity index (χ1) is 14.4. The van der Waals surface area contributed by atoms with Crippen LogP contribution >= 0.6 is 0 Å². The van der Waals surface area contributed by atoms with Crippen molar-refractivity contribution in [3.8, 4) is 5.75 Å². The minimum Gasteiger partial charge on any atom is -0.493 e. The molecule has 0 aliphatic rings. The summed E-state index contributed by atoms with van der Waals surface area (Å²) in [5, 5.41) is 2.77. The molecule has 1 atom stereocenters. The molecule has 0 heterocycles. The lowest BCUT2D eigenvalue weighted by molar-refractivity contribution is -0.146. The average molecular weight is 434 g/mol. The number of hydrogen-bond acceptors (Lipinski definition) is 4. The quantitative estimate of drug-likeness (QED) is 0.347. The molecule has 0 saturated carbocycles. The lowest BCUT2D eigenvalue weighted by Crippen LogP contribution is -2.45. The van der Waals surface area contributed by atoms with Gasteiger partial charge >= 0.3 is 5.97 Å². The number of nitrogens with one attached hydrogen (secondary N) is 1. The fraction of sp³-hybridized carbons (Fsp3) is 0.692. The fourth-order valence-corrected chi connectivity index (χ4v) is 3.29. The summed E-state index contributed by atoms with van der Waals surface area (Å²) in [6.45, 7) is 17.6. The van der Waals surface area contributed by atoms with Gasteiger partial charge in [0.05, 0.1) is 13.7 Å². The van der Waals surface area contributed by atoms with Crippen molar-refractivity contribution in [2.45, 2.75) is 97.9 Å². The highest BCUT2D eigenvalue weighted by atomic mass is 16.5. The Morgan fingerprint density at radius 2 is 1.65 bits per heavy atom. The molecule has 1 aromatic rings. The van der Waals surface area contributed by atoms with E-state index in [0.29, 0.717) is 19.4 Å². The van der Waals surface area contributed by atoms with Crippen molar-refractivity contribution in [2.24, 2.45) is 5.92 Å². The Kier molecular flexibility index (Phi) is 10.1. The van der Waals surface area contributed by atoms with Crippen LogP contribution < -0.4 is 10.1 Å². The van der Waals surface area contributed by atoms with Crippen LogP contribution in [0, 0.1) is 5.92 Å². The fourth-order valence-electron chi connectivity index (χ4n) is 3.29. The van der Waals surface area contributed by atoms with Crippen LogP contribution in [-0.2, 0) is 25.2 Å². The summed E-state index contributed by atoms with van der Waals surface area (Å²) in [6.07, 6.45) is 2.95. The topological polar surface area (TPSA) is 64.6 Å². The zero-order valence-corrected chi connectivity index (χ0v) is 21.1. The summed E-state index contributed by atoms with van der Waals surface area (Å²) < 4.78 is 10.9. The SMILES string of the molecule is CCC(C)(C)c1ccc(OCCCC(=O)N[C@@H](C(=O)OC)C(C)C)c(C(C)(C)CC)c1. The van der Waals surface area contributed by atoms with E-state index >= 15 is 0 Å². The molecular formula is C26H43NO4. The van der Waals surface area contributed by atoms with Crippen LogP contribution in [0.3, 0.4) is 0 Å². The first kappa shape index (κ1) is 27.0. The summed E-state index contributed by atoms with van der Waals surface area (Å²) in [6, 6.07) is 5.90. The van der Waals surface area contributed by atoms with E-state index in [1.807, 2.05) is 13.8 Å². The van der Waals surface area contributed by atoms with E-state index in [9.17, 15) is 9.59 Å². The Morgan fingerprint density at radius 1 is 1.03 bits per heavy atom. The summed E-state index contributed by atoms with van der Waals surface area (Å²) in [5.74, 6) is 0.276. The number of ether oxygens (including phenoxy) is 2. The normalized spacial score (nSPS) is 13.1. The molecule has 0 aliphatic carbocycles. The Labute approximate surface area is 189 Å². The molecule has 1 rings (SSSR count). The lowest BCUT2D eigenvalue weighted by atomic mass is 9.76. The molecule has 0 aromatic heterocycles. The van der Waals surface area contributed by atoms with Crippen molar-refractivity contribution >= 4 is 11.9 Å². The predicted molar refractivity (Wildman–Crippen MR) is 127 cm³/mol. The largest absolute Gasteiger partial charge is 0.493 e. The molecule has 0 bridgehead atoms. The van der Waals surface area contributed by atoms with Crippen molar-refractivity contribution in [2.75, 3.05) is 13.7 Å². The third-order valence-corrected chi connectivity index (χ3v) is 6.50. The maximum absolute atomic E-state index is 12.3. The summed E-state index contributed by atoms with van der Waals surface area (Å²) >= 11 is 0. The average Bonchev–Trinajstić information content (AvgIpc) is 2.74. The summed E-state index contributed by atoms with van der Waals surface area (Å²) in [4.78, 5) is 24.1. The highest BCUT2D eigenvalue weighted by Gasteiger charge is 2.27. The molecule has 0 unspecified atom stereocenters. The van der Waals surface area contributed by atoms with Crippen molar-refractivity contribution in [3.63, 3.8) is 0 Å². The number of esters is 1. The Hall–Kier alpha value is -2.04. The van der Waals surface area contributed by atoms with Gasteiger partial charge in [0.25, 0.3) is 0 Å². The van der Waals surface area contributed by atoms with Gasteiger partial charge in [-0.2, -0.15) is 0 Å². The second kappa shape index (κ2) is 11.5. The molecule has 0 radical (unpaired) electrons. The van der Waals surface area contributed by atoms with Gasteiger partial charge in [-0.3, -0.25) is 4.79 Å². The second-order valence-electron chi connectivity index (χ2n) is 9.95. The maximum Gasteiger partial charge on any atom is 0.328 e. The van der Waals surface area contributed by atoms with Crippen LogP contribution in [0.5, 0.6) is 5.75 Å². The molecule has 0 saturated heterocycles. The molecule has 5 heteroatoms. The van der Waals surface area contributed by atoms with E-state index < -0.39 is 12.0 Å². The number of methoxy groups -OCH3 is 1. The van der Waals surface area contributed by atoms with Gasteiger partial charge in [-0.15, -0.1) is 0 Å². The van der Waals surface area contributed by atoms with Gasteiger partial charge in [0.1, 0.15) is 11.8 Å². The first-order valence-corrected chi connectivity index (χ1v) is 11.5. The molecule has 176 valence electrons. The van der Waals surface area contributed by atoms with Crippen LogP contribution in [0.1, 0.15) is 92.2 Å². The van der Waals surface area contributed by atoms with E-state index in [4.69, 9.17) is 9.47 Å². The van der Waals surface area contributed by atoms with Gasteiger partial charge in [0, 0.05) is 12.0 Å². The van der Waals surface area contributed by atoms with Crippen molar-refractivity contribution in [1.29, 1.82) is 0 Å². The third-order valence-electron chi connectivity index (χ3n) is 6.50. The standard InChI is InChI=1S/C26H43NO4/c1-10-25(5,6)19-14-15-21(20(17-19)26(7,8)11-2)31-16-12-13-22(28)27-23(18(3)4)24(29)30-9/h14-15,17-18,23H,10-13,16H2,1-9H3,(H,27,28)/t23-/m1/s1. The second-order valence-corrected chi connectivity index (χ2v) is 9.95. The number of hydrogen-bond donors (Lipinski definition) is 1. The maximum atomic E-state index is 12.3. The van der Waals surface area contributed by atoms with E-state index in [2.05, 4.69) is 65.1 Å². The van der Waals surface area contributed by atoms with Crippen LogP contribution in [0.4, 0.5) is 0 Å². The van der Waals surface area contributed by atoms with E-state index in [1.165, 1.54) is 18.2 Å². The van der Waals surface area contributed by atoms with Gasteiger partial charge in [-0.1, -0.05) is 67.5 Å². The summed E-state index contributed by atoms with van der Waals surface area (Å²) in [5.41, 5.74) is 2.64. The third kappa shape index (κ3) is 7.55. The van der Waals surface area contributed by atoms with E-state index in [-0.39, 0.29) is 22.7 Å².